The first-order valence-electron chi connectivity index (χ1n) is 11.0. The van der Waals surface area contributed by atoms with Gasteiger partial charge >= 0.3 is 5.76 Å². The van der Waals surface area contributed by atoms with Gasteiger partial charge < -0.3 is 9.52 Å². The van der Waals surface area contributed by atoms with Crippen molar-refractivity contribution in [3.8, 4) is 16.9 Å². The van der Waals surface area contributed by atoms with Crippen LogP contribution in [-0.4, -0.2) is 10.1 Å². The molecule has 0 radical (unpaired) electrons. The summed E-state index contributed by atoms with van der Waals surface area (Å²) < 4.78 is 5.36. The molecule has 1 heterocycles. The number of aryl methyl sites for hydroxylation is 1. The number of aromatic amines is 1. The van der Waals surface area contributed by atoms with Gasteiger partial charge in [-0.15, -0.1) is 0 Å². The van der Waals surface area contributed by atoms with Crippen LogP contribution in [0, 0.1) is 6.92 Å². The van der Waals surface area contributed by atoms with Crippen LogP contribution in [-0.2, 0) is 5.41 Å². The number of benzene rings is 3. The number of nitrogens with one attached hydrogen (secondary N) is 1. The van der Waals surface area contributed by atoms with E-state index >= 15 is 0 Å². The fourth-order valence-electron chi connectivity index (χ4n) is 5.98. The molecular formula is C26H25NO3. The van der Waals surface area contributed by atoms with Crippen molar-refractivity contribution in [2.24, 2.45) is 0 Å². The molecule has 2 N–H and O–H groups in total. The van der Waals surface area contributed by atoms with Crippen molar-refractivity contribution in [2.75, 3.05) is 0 Å². The fraction of sp³-hybridized carbons (Fsp3) is 0.346. The van der Waals surface area contributed by atoms with E-state index in [9.17, 15) is 9.90 Å². The number of oxazole rings is 1. The number of hydrogen-bond donors (Lipinski definition) is 2. The number of rotatable bonds is 0. The molecule has 0 saturated heterocycles. The predicted octanol–water partition coefficient (Wildman–Crippen LogP) is 6.30. The maximum Gasteiger partial charge on any atom is 0.417 e. The van der Waals surface area contributed by atoms with E-state index in [1.807, 2.05) is 18.2 Å². The van der Waals surface area contributed by atoms with E-state index in [0.29, 0.717) is 11.1 Å². The number of H-pyrrole nitrogens is 1. The zero-order valence-electron chi connectivity index (χ0n) is 17.2. The fourth-order valence-corrected chi connectivity index (χ4v) is 5.98. The van der Waals surface area contributed by atoms with Crippen molar-refractivity contribution in [3.63, 3.8) is 0 Å². The zero-order valence-corrected chi connectivity index (χ0v) is 17.2. The van der Waals surface area contributed by atoms with E-state index in [2.05, 4.69) is 30.1 Å². The van der Waals surface area contributed by atoms with Gasteiger partial charge in [-0.3, -0.25) is 4.98 Å². The highest BCUT2D eigenvalue weighted by Crippen LogP contribution is 2.58. The molecule has 1 fully saturated rings. The number of aromatic nitrogens is 1. The Balaban J connectivity index is 1.74. The van der Waals surface area contributed by atoms with Gasteiger partial charge in [-0.25, -0.2) is 4.79 Å². The third kappa shape index (κ3) is 2.36. The predicted molar refractivity (Wildman–Crippen MR) is 119 cm³/mol. The summed E-state index contributed by atoms with van der Waals surface area (Å²) in [5.41, 5.74) is 7.49. The molecule has 6 rings (SSSR count). The van der Waals surface area contributed by atoms with Crippen molar-refractivity contribution >= 4 is 21.9 Å². The summed E-state index contributed by atoms with van der Waals surface area (Å²) in [6.45, 7) is 2.16. The first-order valence-corrected chi connectivity index (χ1v) is 11.0. The molecule has 0 amide bonds. The van der Waals surface area contributed by atoms with Crippen LogP contribution in [0.5, 0.6) is 5.75 Å². The summed E-state index contributed by atoms with van der Waals surface area (Å²) in [6, 6.07) is 12.5. The van der Waals surface area contributed by atoms with Crippen molar-refractivity contribution < 1.29 is 9.52 Å². The molecule has 2 aliphatic carbocycles. The lowest BCUT2D eigenvalue weighted by Gasteiger charge is -2.34. The van der Waals surface area contributed by atoms with E-state index in [0.717, 1.165) is 23.6 Å². The molecule has 4 heteroatoms. The highest BCUT2D eigenvalue weighted by atomic mass is 16.4. The first kappa shape index (κ1) is 17.8. The quantitative estimate of drug-likeness (QED) is 0.365. The molecule has 1 spiro atoms. The Morgan fingerprint density at radius 3 is 2.50 bits per heavy atom. The second-order valence-corrected chi connectivity index (χ2v) is 9.13. The van der Waals surface area contributed by atoms with Crippen LogP contribution in [0.4, 0.5) is 0 Å². The normalized spacial score (nSPS) is 17.8. The lowest BCUT2D eigenvalue weighted by atomic mass is 9.69. The number of hydrogen-bond acceptors (Lipinski definition) is 3. The van der Waals surface area contributed by atoms with Crippen molar-refractivity contribution in [1.29, 1.82) is 0 Å². The molecular weight excluding hydrogens is 374 g/mol. The van der Waals surface area contributed by atoms with Gasteiger partial charge in [-0.05, 0) is 65.6 Å². The topological polar surface area (TPSA) is 66.2 Å². The van der Waals surface area contributed by atoms with Gasteiger partial charge in [0.2, 0.25) is 0 Å². The van der Waals surface area contributed by atoms with E-state index in [1.165, 1.54) is 59.9 Å². The summed E-state index contributed by atoms with van der Waals surface area (Å²) in [6.07, 6.45) is 8.50. The number of phenolic OH excluding ortho intramolecular Hbond substituents is 1. The zero-order chi connectivity index (χ0) is 20.5. The second-order valence-electron chi connectivity index (χ2n) is 9.13. The average Bonchev–Trinajstić information content (AvgIpc) is 3.18. The maximum absolute atomic E-state index is 11.8. The van der Waals surface area contributed by atoms with Gasteiger partial charge in [0.05, 0.1) is 5.52 Å². The Hall–Kier alpha value is -3.01. The molecule has 0 unspecified atom stereocenters. The molecule has 0 atom stereocenters. The Bertz CT molecular complexity index is 1370. The number of aromatic hydroxyl groups is 1. The Morgan fingerprint density at radius 2 is 1.70 bits per heavy atom. The monoisotopic (exact) mass is 399 g/mol. The lowest BCUT2D eigenvalue weighted by molar-refractivity contribution is 0.372. The highest BCUT2D eigenvalue weighted by molar-refractivity contribution is 6.09. The molecule has 1 saturated carbocycles. The van der Waals surface area contributed by atoms with Crippen LogP contribution in [0.15, 0.2) is 45.6 Å². The molecule has 4 aromatic rings. The molecule has 1 aromatic heterocycles. The largest absolute Gasteiger partial charge is 0.507 e. The Morgan fingerprint density at radius 1 is 0.933 bits per heavy atom. The van der Waals surface area contributed by atoms with Crippen LogP contribution in [0.2, 0.25) is 0 Å². The van der Waals surface area contributed by atoms with Crippen LogP contribution in [0.3, 0.4) is 0 Å². The summed E-state index contributed by atoms with van der Waals surface area (Å²) in [5, 5.41) is 12.8. The second kappa shape index (κ2) is 6.24. The van der Waals surface area contributed by atoms with Gasteiger partial charge in [0.1, 0.15) is 5.75 Å². The van der Waals surface area contributed by atoms with Crippen LogP contribution >= 0.6 is 0 Å². The Kier molecular flexibility index (Phi) is 3.71. The van der Waals surface area contributed by atoms with E-state index in [4.69, 9.17) is 4.42 Å². The SMILES string of the molecule is Cc1ccc2c(c1)C1(CCCCCCC1)c1cc(O)c3cc4[nH]c(=O)oc4cc3c1-2. The third-order valence-electron chi connectivity index (χ3n) is 7.34. The van der Waals surface area contributed by atoms with Gasteiger partial charge in [0, 0.05) is 10.8 Å². The lowest BCUT2D eigenvalue weighted by Crippen LogP contribution is -2.26. The molecule has 0 bridgehead atoms. The van der Waals surface area contributed by atoms with E-state index in [1.54, 1.807) is 0 Å². The standard InChI is InChI=1S/C26H25NO3/c1-15-7-8-16-19(11-15)26(9-5-3-2-4-6-10-26)20-14-22(28)17-12-21-23(30-25(29)27-21)13-18(17)24(16)20/h7-8,11-14,28H,2-6,9-10H2,1H3,(H,27,29). The minimum Gasteiger partial charge on any atom is -0.507 e. The average molecular weight is 399 g/mol. The highest BCUT2D eigenvalue weighted by Gasteiger charge is 2.44. The summed E-state index contributed by atoms with van der Waals surface area (Å²) in [7, 11) is 0. The van der Waals surface area contributed by atoms with Gasteiger partial charge in [0.15, 0.2) is 5.58 Å². The molecule has 152 valence electrons. The van der Waals surface area contributed by atoms with Crippen molar-refractivity contribution in [1.82, 2.24) is 4.98 Å². The number of fused-ring (bicyclic) bond motifs is 8. The van der Waals surface area contributed by atoms with Crippen LogP contribution < -0.4 is 5.76 Å². The summed E-state index contributed by atoms with van der Waals surface area (Å²) >= 11 is 0. The molecule has 30 heavy (non-hydrogen) atoms. The van der Waals surface area contributed by atoms with Gasteiger partial charge in [0.25, 0.3) is 0 Å². The summed E-state index contributed by atoms with van der Waals surface area (Å²) in [5.74, 6) is -0.192. The smallest absolute Gasteiger partial charge is 0.417 e. The molecule has 0 aliphatic heterocycles. The maximum atomic E-state index is 11.8. The van der Waals surface area contributed by atoms with Crippen LogP contribution in [0.25, 0.3) is 33.0 Å². The van der Waals surface area contributed by atoms with E-state index < -0.39 is 5.76 Å². The summed E-state index contributed by atoms with van der Waals surface area (Å²) in [4.78, 5) is 14.5. The van der Waals surface area contributed by atoms with Gasteiger partial charge in [-0.2, -0.15) is 0 Å². The van der Waals surface area contributed by atoms with Crippen molar-refractivity contribution in [2.45, 2.75) is 57.3 Å². The van der Waals surface area contributed by atoms with Crippen LogP contribution in [0.1, 0.15) is 61.6 Å². The van der Waals surface area contributed by atoms with Crippen molar-refractivity contribution in [3.05, 3.63) is 63.6 Å². The Labute approximate surface area is 174 Å². The number of phenols is 1. The third-order valence-corrected chi connectivity index (χ3v) is 7.34. The molecule has 3 aromatic carbocycles. The minimum atomic E-state index is -0.469. The van der Waals surface area contributed by atoms with Gasteiger partial charge in [-0.1, -0.05) is 55.9 Å². The minimum absolute atomic E-state index is 0.0449. The molecule has 2 aliphatic rings. The van der Waals surface area contributed by atoms with E-state index in [-0.39, 0.29) is 11.2 Å². The first-order chi connectivity index (χ1) is 14.6. The molecule has 4 nitrogen and oxygen atoms in total.